The van der Waals surface area contributed by atoms with Gasteiger partial charge in [-0.1, -0.05) is 0 Å². The van der Waals surface area contributed by atoms with E-state index in [2.05, 4.69) is 5.10 Å². The fraction of sp³-hybridized carbons (Fsp3) is 0.357. The zero-order valence-corrected chi connectivity index (χ0v) is 10.9. The minimum Gasteiger partial charge on any atom is -0.393 e. The van der Waals surface area contributed by atoms with Crippen LogP contribution in [0.2, 0.25) is 0 Å². The molecule has 3 nitrogen and oxygen atoms in total. The Hall–Kier alpha value is -1.75. The Morgan fingerprint density at radius 2 is 1.95 bits per heavy atom. The van der Waals surface area contributed by atoms with E-state index in [9.17, 15) is 8.78 Å². The van der Waals surface area contributed by atoms with E-state index in [4.69, 9.17) is 5.11 Å². The van der Waals surface area contributed by atoms with Gasteiger partial charge in [0.2, 0.25) is 0 Å². The van der Waals surface area contributed by atoms with Crippen molar-refractivity contribution in [2.24, 2.45) is 0 Å². The van der Waals surface area contributed by atoms with E-state index in [1.54, 1.807) is 25.1 Å². The Morgan fingerprint density at radius 1 is 1.32 bits per heavy atom. The summed E-state index contributed by atoms with van der Waals surface area (Å²) in [6.45, 7) is 2.50. The molecule has 0 saturated heterocycles. The van der Waals surface area contributed by atoms with Crippen molar-refractivity contribution in [3.8, 4) is 11.3 Å². The third kappa shape index (κ3) is 3.17. The van der Waals surface area contributed by atoms with Crippen LogP contribution >= 0.6 is 0 Å². The summed E-state index contributed by atoms with van der Waals surface area (Å²) >= 11 is 0. The predicted octanol–water partition coefficient (Wildman–Crippen LogP) is 2.72. The lowest BCUT2D eigenvalue weighted by Gasteiger charge is -2.18. The lowest BCUT2D eigenvalue weighted by molar-refractivity contribution is 0.0686. The summed E-state index contributed by atoms with van der Waals surface area (Å²) in [6, 6.07) is 7.75. The van der Waals surface area contributed by atoms with Crippen molar-refractivity contribution in [3.63, 3.8) is 0 Å². The molecule has 1 heterocycles. The Bertz CT molecular complexity index is 561. The van der Waals surface area contributed by atoms with E-state index in [1.807, 2.05) is 0 Å². The zero-order chi connectivity index (χ0) is 14.0. The van der Waals surface area contributed by atoms with Crippen molar-refractivity contribution in [1.82, 2.24) is 9.78 Å². The smallest absolute Gasteiger partial charge is 0.150 e. The number of nitrogens with zero attached hydrogens (tertiary/aromatic N) is 2. The number of alkyl halides is 1. The second-order valence-electron chi connectivity index (χ2n) is 4.91. The maximum Gasteiger partial charge on any atom is 0.150 e. The number of hydrogen-bond donors (Lipinski definition) is 1. The maximum absolute atomic E-state index is 13.9. The first-order chi connectivity index (χ1) is 8.91. The standard InChI is InChI=1S/C14H16F2N2O/c1-10-7-13(11-3-5-12(15)6-4-11)18(17-10)8-14(2,16)9-19/h3-7,19H,8-9H2,1-2H3. The number of aryl methyl sites for hydroxylation is 1. The fourth-order valence-corrected chi connectivity index (χ4v) is 1.88. The van der Waals surface area contributed by atoms with Gasteiger partial charge in [-0.05, 0) is 49.7 Å². The SMILES string of the molecule is Cc1cc(-c2ccc(F)cc2)n(CC(C)(F)CO)n1. The van der Waals surface area contributed by atoms with Crippen LogP contribution in [0.5, 0.6) is 0 Å². The van der Waals surface area contributed by atoms with Crippen LogP contribution in [-0.2, 0) is 6.54 Å². The Labute approximate surface area is 110 Å². The van der Waals surface area contributed by atoms with Crippen molar-refractivity contribution in [2.45, 2.75) is 26.1 Å². The molecule has 0 fully saturated rings. The van der Waals surface area contributed by atoms with Crippen LogP contribution in [0.3, 0.4) is 0 Å². The highest BCUT2D eigenvalue weighted by molar-refractivity contribution is 5.59. The molecule has 1 unspecified atom stereocenters. The predicted molar refractivity (Wildman–Crippen MR) is 69.0 cm³/mol. The van der Waals surface area contributed by atoms with Crippen molar-refractivity contribution in [1.29, 1.82) is 0 Å². The molecule has 2 aromatic rings. The number of aliphatic hydroxyl groups excluding tert-OH is 1. The van der Waals surface area contributed by atoms with Gasteiger partial charge in [0, 0.05) is 0 Å². The molecular weight excluding hydrogens is 250 g/mol. The van der Waals surface area contributed by atoms with Crippen LogP contribution in [0, 0.1) is 12.7 Å². The molecule has 19 heavy (non-hydrogen) atoms. The minimum absolute atomic E-state index is 0.0515. The van der Waals surface area contributed by atoms with Gasteiger partial charge in [-0.25, -0.2) is 8.78 Å². The van der Waals surface area contributed by atoms with Gasteiger partial charge in [-0.15, -0.1) is 0 Å². The topological polar surface area (TPSA) is 38.0 Å². The van der Waals surface area contributed by atoms with Gasteiger partial charge in [0.15, 0.2) is 5.67 Å². The molecule has 1 N–H and O–H groups in total. The quantitative estimate of drug-likeness (QED) is 0.924. The van der Waals surface area contributed by atoms with Crippen molar-refractivity contribution < 1.29 is 13.9 Å². The largest absolute Gasteiger partial charge is 0.393 e. The molecular formula is C14H16F2N2O. The number of rotatable bonds is 4. The van der Waals surface area contributed by atoms with E-state index < -0.39 is 12.3 Å². The third-order valence-electron chi connectivity index (χ3n) is 2.85. The average molecular weight is 266 g/mol. The van der Waals surface area contributed by atoms with Gasteiger partial charge in [0.05, 0.1) is 24.5 Å². The molecule has 1 aromatic heterocycles. The first-order valence-electron chi connectivity index (χ1n) is 6.01. The Morgan fingerprint density at radius 3 is 2.53 bits per heavy atom. The summed E-state index contributed by atoms with van der Waals surface area (Å²) in [6.07, 6.45) is 0. The van der Waals surface area contributed by atoms with Crippen LogP contribution in [0.1, 0.15) is 12.6 Å². The summed E-state index contributed by atoms with van der Waals surface area (Å²) in [5, 5.41) is 13.2. The van der Waals surface area contributed by atoms with Gasteiger partial charge in [-0.2, -0.15) is 5.10 Å². The Kier molecular flexibility index (Phi) is 3.66. The molecule has 5 heteroatoms. The summed E-state index contributed by atoms with van der Waals surface area (Å²) in [5.74, 6) is -0.322. The van der Waals surface area contributed by atoms with Crippen LogP contribution in [0.25, 0.3) is 11.3 Å². The number of aromatic nitrogens is 2. The molecule has 102 valence electrons. The Balaban J connectivity index is 2.38. The van der Waals surface area contributed by atoms with E-state index in [1.165, 1.54) is 23.7 Å². The number of halogens is 2. The molecule has 0 saturated carbocycles. The van der Waals surface area contributed by atoms with Crippen LogP contribution < -0.4 is 0 Å². The third-order valence-corrected chi connectivity index (χ3v) is 2.85. The highest BCUT2D eigenvalue weighted by atomic mass is 19.1. The monoisotopic (exact) mass is 266 g/mol. The van der Waals surface area contributed by atoms with Gasteiger partial charge in [-0.3, -0.25) is 4.68 Å². The van der Waals surface area contributed by atoms with Crippen LogP contribution in [0.4, 0.5) is 8.78 Å². The molecule has 0 radical (unpaired) electrons. The van der Waals surface area contributed by atoms with E-state index in [-0.39, 0.29) is 12.4 Å². The van der Waals surface area contributed by atoms with E-state index >= 15 is 0 Å². The molecule has 1 aromatic carbocycles. The molecule has 0 aliphatic rings. The second kappa shape index (κ2) is 5.09. The molecule has 2 rings (SSSR count). The molecule has 1 atom stereocenters. The van der Waals surface area contributed by atoms with Crippen molar-refractivity contribution in [2.75, 3.05) is 6.61 Å². The zero-order valence-electron chi connectivity index (χ0n) is 10.9. The molecule has 0 aliphatic heterocycles. The van der Waals surface area contributed by atoms with Crippen LogP contribution in [-0.4, -0.2) is 27.2 Å². The lowest BCUT2D eigenvalue weighted by Crippen LogP contribution is -2.30. The van der Waals surface area contributed by atoms with Gasteiger partial charge < -0.3 is 5.11 Å². The minimum atomic E-state index is -1.74. The van der Waals surface area contributed by atoms with Crippen LogP contribution in [0.15, 0.2) is 30.3 Å². The first-order valence-corrected chi connectivity index (χ1v) is 6.01. The van der Waals surface area contributed by atoms with Gasteiger partial charge in [0.1, 0.15) is 5.82 Å². The summed E-state index contributed by atoms with van der Waals surface area (Å²) in [4.78, 5) is 0. The molecule has 0 amide bonds. The number of hydrogen-bond acceptors (Lipinski definition) is 2. The molecule has 0 aliphatic carbocycles. The van der Waals surface area contributed by atoms with Crippen molar-refractivity contribution >= 4 is 0 Å². The number of aliphatic hydroxyl groups is 1. The van der Waals surface area contributed by atoms with E-state index in [0.717, 1.165) is 11.3 Å². The fourth-order valence-electron chi connectivity index (χ4n) is 1.88. The van der Waals surface area contributed by atoms with Gasteiger partial charge >= 0.3 is 0 Å². The summed E-state index contributed by atoms with van der Waals surface area (Å²) < 4.78 is 28.3. The second-order valence-corrected chi connectivity index (χ2v) is 4.91. The first kappa shape index (κ1) is 13.7. The average Bonchev–Trinajstić information content (AvgIpc) is 2.70. The number of benzene rings is 1. The lowest BCUT2D eigenvalue weighted by atomic mass is 10.1. The summed E-state index contributed by atoms with van der Waals surface area (Å²) in [7, 11) is 0. The normalized spacial score (nSPS) is 14.4. The highest BCUT2D eigenvalue weighted by Crippen LogP contribution is 2.23. The van der Waals surface area contributed by atoms with Gasteiger partial charge in [0.25, 0.3) is 0 Å². The molecule has 0 spiro atoms. The summed E-state index contributed by atoms with van der Waals surface area (Å²) in [5.41, 5.74) is 0.464. The van der Waals surface area contributed by atoms with Crippen molar-refractivity contribution in [3.05, 3.63) is 41.8 Å². The van der Waals surface area contributed by atoms with E-state index in [0.29, 0.717) is 5.69 Å². The maximum atomic E-state index is 13.9. The molecule has 0 bridgehead atoms. The highest BCUT2D eigenvalue weighted by Gasteiger charge is 2.24.